The summed E-state index contributed by atoms with van der Waals surface area (Å²) in [7, 11) is 2.11. The molecule has 0 spiro atoms. The molecule has 5 heterocycles. The standard InChI is InChI=1S/C24H26FN9O/c1-13-17(9-28-23-22(13)27-4-6-35-23)16-7-19-18(21(26)20(16)25)10-29-24(32-19)31-14-8-30-34(11-14)15-3-5-33(2)12-15/h7-11,15,27H,3-6,12,26H2,1-2H3,(H,29,31,32)/t15-/m1/s1. The van der Waals surface area contributed by atoms with Crippen LogP contribution in [0.25, 0.3) is 22.0 Å². The predicted molar refractivity (Wildman–Crippen MR) is 133 cm³/mol. The van der Waals surface area contributed by atoms with E-state index in [-0.39, 0.29) is 5.69 Å². The molecule has 0 saturated carbocycles. The van der Waals surface area contributed by atoms with Crippen LogP contribution in [-0.2, 0) is 0 Å². The Bertz CT molecular complexity index is 1440. The van der Waals surface area contributed by atoms with Crippen LogP contribution in [0.4, 0.5) is 27.4 Å². The molecule has 0 bridgehead atoms. The van der Waals surface area contributed by atoms with Gasteiger partial charge in [-0.05, 0) is 38.6 Å². The van der Waals surface area contributed by atoms with Gasteiger partial charge in [0.05, 0.1) is 29.1 Å². The molecule has 4 aromatic rings. The van der Waals surface area contributed by atoms with Crippen LogP contribution in [0.5, 0.6) is 5.88 Å². The zero-order valence-corrected chi connectivity index (χ0v) is 19.5. The maximum absolute atomic E-state index is 15.4. The van der Waals surface area contributed by atoms with E-state index in [1.807, 2.05) is 17.8 Å². The zero-order chi connectivity index (χ0) is 24.1. The van der Waals surface area contributed by atoms with E-state index in [4.69, 9.17) is 10.5 Å². The fraction of sp³-hybridized carbons (Fsp3) is 0.333. The first-order valence-corrected chi connectivity index (χ1v) is 11.6. The van der Waals surface area contributed by atoms with E-state index in [9.17, 15) is 0 Å². The van der Waals surface area contributed by atoms with Gasteiger partial charge in [-0.25, -0.2) is 19.3 Å². The molecular formula is C24H26FN9O. The summed E-state index contributed by atoms with van der Waals surface area (Å²) < 4.78 is 22.9. The van der Waals surface area contributed by atoms with Crippen molar-refractivity contribution >= 4 is 33.9 Å². The Labute approximate surface area is 201 Å². The summed E-state index contributed by atoms with van der Waals surface area (Å²) in [6, 6.07) is 2.04. The van der Waals surface area contributed by atoms with Gasteiger partial charge in [-0.2, -0.15) is 5.10 Å². The van der Waals surface area contributed by atoms with Gasteiger partial charge < -0.3 is 26.0 Å². The number of likely N-dealkylation sites (N-methyl/N-ethyl adjacent to an activating group) is 1. The maximum atomic E-state index is 15.4. The lowest BCUT2D eigenvalue weighted by atomic mass is 9.98. The molecule has 0 aliphatic carbocycles. The molecule has 11 heteroatoms. The van der Waals surface area contributed by atoms with E-state index in [1.165, 1.54) is 6.20 Å². The maximum Gasteiger partial charge on any atom is 0.237 e. The van der Waals surface area contributed by atoms with E-state index < -0.39 is 5.82 Å². The van der Waals surface area contributed by atoms with Crippen molar-refractivity contribution in [2.45, 2.75) is 19.4 Å². The number of halogens is 1. The molecule has 2 aliphatic heterocycles. The van der Waals surface area contributed by atoms with Crippen LogP contribution >= 0.6 is 0 Å². The van der Waals surface area contributed by atoms with Gasteiger partial charge in [0.15, 0.2) is 5.82 Å². The highest BCUT2D eigenvalue weighted by molar-refractivity contribution is 5.96. The number of benzene rings is 1. The molecule has 35 heavy (non-hydrogen) atoms. The Morgan fingerprint density at radius 1 is 1.23 bits per heavy atom. The van der Waals surface area contributed by atoms with Crippen LogP contribution < -0.4 is 21.1 Å². The highest BCUT2D eigenvalue weighted by Gasteiger charge is 2.23. The molecule has 180 valence electrons. The summed E-state index contributed by atoms with van der Waals surface area (Å²) >= 11 is 0. The number of nitrogens with one attached hydrogen (secondary N) is 2. The van der Waals surface area contributed by atoms with Crippen LogP contribution in [0.2, 0.25) is 0 Å². The van der Waals surface area contributed by atoms with Crippen molar-refractivity contribution in [3.8, 4) is 17.0 Å². The first kappa shape index (κ1) is 21.5. The summed E-state index contributed by atoms with van der Waals surface area (Å²) in [5.41, 5.74) is 10.1. The number of nitrogen functional groups attached to an aromatic ring is 1. The number of rotatable bonds is 4. The smallest absolute Gasteiger partial charge is 0.237 e. The van der Waals surface area contributed by atoms with Gasteiger partial charge in [0.25, 0.3) is 0 Å². The van der Waals surface area contributed by atoms with Gasteiger partial charge >= 0.3 is 0 Å². The topological polar surface area (TPSA) is 119 Å². The van der Waals surface area contributed by atoms with Gasteiger partial charge in [-0.15, -0.1) is 0 Å². The number of hydrogen-bond acceptors (Lipinski definition) is 9. The van der Waals surface area contributed by atoms with Crippen LogP contribution in [-0.4, -0.2) is 62.9 Å². The molecule has 4 N–H and O–H groups in total. The Balaban J connectivity index is 1.35. The molecule has 3 aromatic heterocycles. The fourth-order valence-corrected chi connectivity index (χ4v) is 4.78. The monoisotopic (exact) mass is 475 g/mol. The van der Waals surface area contributed by atoms with Crippen LogP contribution in [0.15, 0.2) is 30.9 Å². The SMILES string of the molecule is Cc1c(-c2cc3nc(Nc4cnn([C@@H]5CCN(C)C5)c4)ncc3c(N)c2F)cnc2c1NCCO2. The summed E-state index contributed by atoms with van der Waals surface area (Å²) in [6.45, 7) is 5.14. The second-order valence-corrected chi connectivity index (χ2v) is 9.07. The van der Waals surface area contributed by atoms with Crippen molar-refractivity contribution in [3.63, 3.8) is 0 Å². The number of nitrogens with zero attached hydrogens (tertiary/aromatic N) is 6. The number of hydrogen-bond donors (Lipinski definition) is 3. The van der Waals surface area contributed by atoms with Crippen LogP contribution in [0.1, 0.15) is 18.0 Å². The minimum Gasteiger partial charge on any atom is -0.474 e. The molecule has 6 rings (SSSR count). The second-order valence-electron chi connectivity index (χ2n) is 9.07. The number of pyridine rings is 1. The van der Waals surface area contributed by atoms with E-state index in [0.29, 0.717) is 53.1 Å². The second kappa shape index (κ2) is 8.35. The first-order valence-electron chi connectivity index (χ1n) is 11.6. The van der Waals surface area contributed by atoms with Gasteiger partial charge in [-0.3, -0.25) is 4.68 Å². The number of likely N-dealkylation sites (tertiary alicyclic amines) is 1. The molecule has 1 saturated heterocycles. The van der Waals surface area contributed by atoms with E-state index in [2.05, 4.69) is 42.6 Å². The molecule has 0 amide bonds. The van der Waals surface area contributed by atoms with Crippen molar-refractivity contribution in [1.29, 1.82) is 0 Å². The van der Waals surface area contributed by atoms with Gasteiger partial charge in [0.2, 0.25) is 11.8 Å². The van der Waals surface area contributed by atoms with Crippen LogP contribution in [0, 0.1) is 12.7 Å². The molecule has 1 atom stereocenters. The number of nitrogens with two attached hydrogens (primary N) is 1. The molecule has 1 fully saturated rings. The summed E-state index contributed by atoms with van der Waals surface area (Å²) in [6.07, 6.45) is 7.93. The Morgan fingerprint density at radius 2 is 2.11 bits per heavy atom. The third kappa shape index (κ3) is 3.77. The quantitative estimate of drug-likeness (QED) is 0.382. The summed E-state index contributed by atoms with van der Waals surface area (Å²) in [5.74, 6) is 0.379. The van der Waals surface area contributed by atoms with Gasteiger partial charge in [0, 0.05) is 48.2 Å². The minimum atomic E-state index is -0.522. The minimum absolute atomic E-state index is 0.00329. The molecule has 1 aromatic carbocycles. The molecule has 0 unspecified atom stereocenters. The highest BCUT2D eigenvalue weighted by Crippen LogP contribution is 2.39. The number of ether oxygens (including phenoxy) is 1. The van der Waals surface area contributed by atoms with Crippen molar-refractivity contribution in [3.05, 3.63) is 42.2 Å². The van der Waals surface area contributed by atoms with Gasteiger partial charge in [0.1, 0.15) is 12.3 Å². The van der Waals surface area contributed by atoms with Crippen LogP contribution in [0.3, 0.4) is 0 Å². The largest absolute Gasteiger partial charge is 0.474 e. The number of anilines is 4. The molecular weight excluding hydrogens is 449 g/mol. The third-order valence-electron chi connectivity index (χ3n) is 6.70. The summed E-state index contributed by atoms with van der Waals surface area (Å²) in [4.78, 5) is 15.6. The lowest BCUT2D eigenvalue weighted by Gasteiger charge is -2.22. The van der Waals surface area contributed by atoms with Gasteiger partial charge in [-0.1, -0.05) is 0 Å². The third-order valence-corrected chi connectivity index (χ3v) is 6.70. The normalized spacial score (nSPS) is 17.7. The van der Waals surface area contributed by atoms with Crippen molar-refractivity contribution in [2.24, 2.45) is 0 Å². The lowest BCUT2D eigenvalue weighted by Crippen LogP contribution is -2.20. The van der Waals surface area contributed by atoms with E-state index in [1.54, 1.807) is 18.5 Å². The number of aromatic nitrogens is 5. The predicted octanol–water partition coefficient (Wildman–Crippen LogP) is 3.34. The average Bonchev–Trinajstić information content (AvgIpc) is 3.51. The van der Waals surface area contributed by atoms with Crippen molar-refractivity contribution in [2.75, 3.05) is 49.7 Å². The Morgan fingerprint density at radius 3 is 2.94 bits per heavy atom. The lowest BCUT2D eigenvalue weighted by molar-refractivity contribution is 0.310. The zero-order valence-electron chi connectivity index (χ0n) is 19.5. The average molecular weight is 476 g/mol. The van der Waals surface area contributed by atoms with Crippen molar-refractivity contribution < 1.29 is 9.13 Å². The molecule has 2 aliphatic rings. The fourth-order valence-electron chi connectivity index (χ4n) is 4.78. The highest BCUT2D eigenvalue weighted by atomic mass is 19.1. The Hall–Kier alpha value is -3.99. The van der Waals surface area contributed by atoms with E-state index >= 15 is 4.39 Å². The van der Waals surface area contributed by atoms with Crippen molar-refractivity contribution in [1.82, 2.24) is 29.6 Å². The first-order chi connectivity index (χ1) is 17.0. The summed E-state index contributed by atoms with van der Waals surface area (Å²) in [5, 5.41) is 11.4. The molecule has 10 nitrogen and oxygen atoms in total. The number of fused-ring (bicyclic) bond motifs is 2. The Kier molecular flexibility index (Phi) is 5.14. The van der Waals surface area contributed by atoms with E-state index in [0.717, 1.165) is 36.4 Å². The molecule has 0 radical (unpaired) electrons.